The highest BCUT2D eigenvalue weighted by atomic mass is 19.1. The average molecular weight is 485 g/mol. The van der Waals surface area contributed by atoms with Crippen molar-refractivity contribution in [3.8, 4) is 0 Å². The lowest BCUT2D eigenvalue weighted by molar-refractivity contribution is -0.120. The van der Waals surface area contributed by atoms with Crippen molar-refractivity contribution in [2.24, 2.45) is 0 Å². The molecule has 0 atom stereocenters. The van der Waals surface area contributed by atoms with Crippen LogP contribution in [0, 0.1) is 5.82 Å². The molecular weight excluding hydrogens is 451 g/mol. The second kappa shape index (κ2) is 11.5. The first-order valence-electron chi connectivity index (χ1n) is 12.9. The van der Waals surface area contributed by atoms with Gasteiger partial charge in [-0.15, -0.1) is 0 Å². The number of carbonyl (C=O) groups excluding carboxylic acids is 1. The largest absolute Gasteiger partial charge is 0.355 e. The van der Waals surface area contributed by atoms with Gasteiger partial charge in [0.1, 0.15) is 5.82 Å². The number of benzene rings is 2. The first-order valence-corrected chi connectivity index (χ1v) is 12.9. The number of fused-ring (bicyclic) bond motifs is 1. The van der Waals surface area contributed by atoms with Crippen LogP contribution in [0.2, 0.25) is 0 Å². The zero-order chi connectivity index (χ0) is 24.7. The maximum Gasteiger partial charge on any atom is 0.224 e. The average Bonchev–Trinajstić information content (AvgIpc) is 3.32. The summed E-state index contributed by atoms with van der Waals surface area (Å²) in [6.45, 7) is 3.71. The molecule has 3 heterocycles. The lowest BCUT2D eigenvalue weighted by Crippen LogP contribution is -2.35. The van der Waals surface area contributed by atoms with Crippen LogP contribution in [0.1, 0.15) is 35.7 Å². The Morgan fingerprint density at radius 3 is 2.56 bits per heavy atom. The molecule has 2 aromatic heterocycles. The minimum atomic E-state index is -0.178. The molecule has 1 saturated heterocycles. The number of pyridine rings is 1. The van der Waals surface area contributed by atoms with E-state index in [0.717, 1.165) is 56.6 Å². The van der Waals surface area contributed by atoms with Gasteiger partial charge in [-0.1, -0.05) is 30.3 Å². The Morgan fingerprint density at radius 1 is 0.972 bits per heavy atom. The van der Waals surface area contributed by atoms with Crippen LogP contribution in [0.25, 0.3) is 10.9 Å². The molecule has 0 aliphatic carbocycles. The number of likely N-dealkylation sites (tertiary alicyclic amines) is 1. The molecule has 5 rings (SSSR count). The molecule has 1 fully saturated rings. The molecule has 1 aliphatic heterocycles. The summed E-state index contributed by atoms with van der Waals surface area (Å²) in [5, 5.41) is 4.24. The van der Waals surface area contributed by atoms with Crippen LogP contribution in [0.4, 0.5) is 4.39 Å². The lowest BCUT2D eigenvalue weighted by atomic mass is 10.0. The van der Waals surface area contributed by atoms with E-state index in [2.05, 4.69) is 50.2 Å². The van der Waals surface area contributed by atoms with E-state index in [9.17, 15) is 9.18 Å². The molecule has 186 valence electrons. The normalized spacial score (nSPS) is 14.8. The van der Waals surface area contributed by atoms with Gasteiger partial charge in [0.15, 0.2) is 0 Å². The zero-order valence-corrected chi connectivity index (χ0v) is 20.6. The van der Waals surface area contributed by atoms with E-state index in [4.69, 9.17) is 0 Å². The van der Waals surface area contributed by atoms with Gasteiger partial charge in [0, 0.05) is 62.2 Å². The molecule has 36 heavy (non-hydrogen) atoms. The molecular formula is C30H33FN4O. The number of rotatable bonds is 9. The predicted octanol–water partition coefficient (Wildman–Crippen LogP) is 4.96. The number of hydrogen-bond donors (Lipinski definition) is 1. The third-order valence-electron chi connectivity index (χ3n) is 7.16. The van der Waals surface area contributed by atoms with Gasteiger partial charge in [-0.3, -0.25) is 9.78 Å². The highest BCUT2D eigenvalue weighted by Crippen LogP contribution is 2.28. The topological polar surface area (TPSA) is 50.2 Å². The van der Waals surface area contributed by atoms with Gasteiger partial charge in [-0.25, -0.2) is 4.39 Å². The Morgan fingerprint density at radius 2 is 1.78 bits per heavy atom. The van der Waals surface area contributed by atoms with Gasteiger partial charge >= 0.3 is 0 Å². The number of aromatic nitrogens is 2. The second-order valence-corrected chi connectivity index (χ2v) is 9.66. The van der Waals surface area contributed by atoms with Crippen molar-refractivity contribution in [2.75, 3.05) is 26.2 Å². The van der Waals surface area contributed by atoms with Crippen molar-refractivity contribution >= 4 is 16.8 Å². The van der Waals surface area contributed by atoms with Crippen LogP contribution in [-0.4, -0.2) is 46.5 Å². The fraction of sp³-hybridized carbons (Fsp3) is 0.333. The molecule has 4 aromatic rings. The summed E-state index contributed by atoms with van der Waals surface area (Å²) in [7, 11) is 0. The molecule has 0 radical (unpaired) electrons. The van der Waals surface area contributed by atoms with E-state index >= 15 is 0 Å². The number of halogens is 1. The Bertz CT molecular complexity index is 1280. The molecule has 0 spiro atoms. The Labute approximate surface area is 212 Å². The number of nitrogens with zero attached hydrogens (tertiary/aromatic N) is 3. The van der Waals surface area contributed by atoms with Crippen LogP contribution in [0.5, 0.6) is 0 Å². The third-order valence-corrected chi connectivity index (χ3v) is 7.16. The van der Waals surface area contributed by atoms with E-state index in [-0.39, 0.29) is 11.7 Å². The van der Waals surface area contributed by atoms with Crippen LogP contribution in [-0.2, 0) is 24.1 Å². The van der Waals surface area contributed by atoms with Gasteiger partial charge in [-0.2, -0.15) is 0 Å². The SMILES string of the molecule is O=C(Cc1ccc2ccn(C3CCN(CCc4ccc(F)cc4)CC3)c2c1)NCCc1ccccn1. The van der Waals surface area contributed by atoms with E-state index in [1.165, 1.54) is 16.5 Å². The molecule has 6 heteroatoms. The highest BCUT2D eigenvalue weighted by molar-refractivity contribution is 5.84. The standard InChI is InChI=1S/C30H33FN4O/c31-26-8-5-23(6-9-26)11-17-34-18-13-28(14-19-34)35-20-12-25-7-4-24(21-29(25)35)22-30(36)33-16-10-27-3-1-2-15-32-27/h1-9,12,15,20-21,28H,10-11,13-14,16-19,22H2,(H,33,36). The summed E-state index contributed by atoms with van der Waals surface area (Å²) in [6.07, 6.45) is 8.24. The van der Waals surface area contributed by atoms with Gasteiger partial charge in [-0.05, 0) is 72.2 Å². The van der Waals surface area contributed by atoms with Crippen molar-refractivity contribution in [1.82, 2.24) is 19.8 Å². The van der Waals surface area contributed by atoms with Crippen molar-refractivity contribution < 1.29 is 9.18 Å². The van der Waals surface area contributed by atoms with Crippen LogP contribution in [0.3, 0.4) is 0 Å². The Kier molecular flexibility index (Phi) is 7.72. The van der Waals surface area contributed by atoms with Crippen LogP contribution in [0.15, 0.2) is 79.1 Å². The molecule has 2 aromatic carbocycles. The van der Waals surface area contributed by atoms with Crippen molar-refractivity contribution in [3.05, 3.63) is 102 Å². The quantitative estimate of drug-likeness (QED) is 0.366. The summed E-state index contributed by atoms with van der Waals surface area (Å²) in [5.41, 5.74) is 4.41. The fourth-order valence-electron chi connectivity index (χ4n) is 5.11. The third kappa shape index (κ3) is 6.18. The van der Waals surface area contributed by atoms with Crippen molar-refractivity contribution in [2.45, 2.75) is 38.1 Å². The zero-order valence-electron chi connectivity index (χ0n) is 20.6. The van der Waals surface area contributed by atoms with Crippen LogP contribution >= 0.6 is 0 Å². The predicted molar refractivity (Wildman–Crippen MR) is 141 cm³/mol. The molecule has 0 saturated carbocycles. The number of piperidine rings is 1. The summed E-state index contributed by atoms with van der Waals surface area (Å²) < 4.78 is 15.5. The van der Waals surface area contributed by atoms with E-state index in [1.54, 1.807) is 18.3 Å². The first-order chi connectivity index (χ1) is 17.6. The van der Waals surface area contributed by atoms with Crippen LogP contribution < -0.4 is 5.32 Å². The minimum absolute atomic E-state index is 0.0397. The van der Waals surface area contributed by atoms with Crippen molar-refractivity contribution in [1.29, 1.82) is 0 Å². The lowest BCUT2D eigenvalue weighted by Gasteiger charge is -2.33. The van der Waals surface area contributed by atoms with Crippen molar-refractivity contribution in [3.63, 3.8) is 0 Å². The molecule has 0 bridgehead atoms. The Balaban J connectivity index is 1.14. The smallest absolute Gasteiger partial charge is 0.224 e. The maximum absolute atomic E-state index is 13.1. The first kappa shape index (κ1) is 24.2. The molecule has 1 N–H and O–H groups in total. The molecule has 1 amide bonds. The second-order valence-electron chi connectivity index (χ2n) is 9.66. The number of nitrogens with one attached hydrogen (secondary N) is 1. The number of amides is 1. The van der Waals surface area contributed by atoms with Gasteiger partial charge in [0.2, 0.25) is 5.91 Å². The summed E-state index contributed by atoms with van der Waals surface area (Å²) in [5.74, 6) is -0.138. The van der Waals surface area contributed by atoms with Gasteiger partial charge in [0.05, 0.1) is 6.42 Å². The highest BCUT2D eigenvalue weighted by Gasteiger charge is 2.21. The summed E-state index contributed by atoms with van der Waals surface area (Å²) in [6, 6.07) is 21.7. The monoisotopic (exact) mass is 484 g/mol. The number of carbonyl (C=O) groups is 1. The van der Waals surface area contributed by atoms with Gasteiger partial charge in [0.25, 0.3) is 0 Å². The molecule has 0 unspecified atom stereocenters. The number of hydrogen-bond acceptors (Lipinski definition) is 3. The summed E-state index contributed by atoms with van der Waals surface area (Å²) in [4.78, 5) is 19.3. The Hall–Kier alpha value is -3.51. The van der Waals surface area contributed by atoms with E-state index < -0.39 is 0 Å². The fourth-order valence-corrected chi connectivity index (χ4v) is 5.11. The van der Waals surface area contributed by atoms with E-state index in [0.29, 0.717) is 19.0 Å². The minimum Gasteiger partial charge on any atom is -0.355 e. The maximum atomic E-state index is 13.1. The molecule has 5 nitrogen and oxygen atoms in total. The molecule has 1 aliphatic rings. The summed E-state index contributed by atoms with van der Waals surface area (Å²) >= 11 is 0. The van der Waals surface area contributed by atoms with E-state index in [1.807, 2.05) is 30.3 Å². The van der Waals surface area contributed by atoms with Gasteiger partial charge < -0.3 is 14.8 Å².